The van der Waals surface area contributed by atoms with E-state index in [2.05, 4.69) is 52.8 Å². The number of aromatic hydroxyl groups is 1. The number of phenols is 1. The number of benzene rings is 4. The van der Waals surface area contributed by atoms with Crippen LogP contribution in [0.2, 0.25) is 5.02 Å². The number of esters is 1. The molecule has 36 nitrogen and oxygen atoms in total. The lowest BCUT2D eigenvalue weighted by Gasteiger charge is -2.43. The maximum absolute atomic E-state index is 14.8. The van der Waals surface area contributed by atoms with E-state index in [1.807, 2.05) is 6.92 Å². The number of anilines is 1. The van der Waals surface area contributed by atoms with Crippen molar-refractivity contribution in [2.24, 2.45) is 11.7 Å². The normalized spacial score (nSPS) is 24.9. The number of amides is 11. The number of alkyl carbamates (subject to hydrolysis) is 1. The Bertz CT molecular complexity index is 4740. The average molecular weight is 1830 g/mol. The van der Waals surface area contributed by atoms with Crippen LogP contribution in [0.1, 0.15) is 101 Å². The van der Waals surface area contributed by atoms with E-state index >= 15 is 0 Å². The standard InChI is InChI=1S/C84H110ClN13O23S4/c1-44-14-13-17-65(119-10)84(117)38-64(120-82(115)96-84)45(2)37-83(6,116)66(36-70(105)98(8)62-33-52(30-44)34-63(118-9)71(62)85)121-81(114)46(3)97(7)69(104)27-29-123-122-28-26-67(102)88-39-51-20-18-49(19-21-51)31-56(86)74(106)92-60-42-124-125-43-61(78(110)95-73(48(5)100)80(112)113)93-79(111)72(47(4)99)94-68(103)41-89-75(107)59(35-53-40-87-57-16-12-11-15-55(53)57)91-76(108)58(90-77(60)109)32-50-22-24-54(101)25-23-50/h11-25,33-34,40,45-48,56,58-61,64-66,72-73,87,99-101,116-117H,26-32,35-39,41-43,86H2,1-10H3,(H,88,102)(H,89,107)(H,90,109)(H,91,108)(H,92,106)(H,93,111)(H,94,103)(H,95,110)(H,96,115)(H,112,113)/b17-13+,44-14+/t45-,46-,47+,48+,56+,58-,59+,60-,61-,64-,65+,66-,72-,73-,83+,84-/m0/s1. The minimum atomic E-state index is -2.01. The maximum atomic E-state index is 14.8. The predicted molar refractivity (Wildman–Crippen MR) is 471 cm³/mol. The molecule has 680 valence electrons. The summed E-state index contributed by atoms with van der Waals surface area (Å²) in [5.74, 6) is -11.4. The lowest BCUT2D eigenvalue weighted by atomic mass is 9.81. The SMILES string of the molecule is COc1cc2cc(c1Cl)N(C)C(=O)C[C@H](OC(=O)[C@H](C)N(C)C(=O)CCSSCCC(=O)NCc1ccc(C[C@@H](N)C(=O)N[C@H]3CSSC[C@@H](C(=O)N[C@H](C(=O)O)[C@@H](C)O)NC(=O)[C@H]([C@@H](C)O)NC(=O)CNC(=O)[C@@H](Cc4c[nH]c5ccccc45)NC(=O)[C@H](Cc4ccc(O)cc4)NC3=O)cc1)[C@](C)(O)C[C@H](C)[C@@H]1C[C@@](O)(NC(=O)O1)[C@H](OC)/C=C/C=C(\C)C2. The number of ether oxygens (including phenoxy) is 4. The number of carboxylic acid groups (broad SMARTS) is 1. The number of carboxylic acids is 1. The van der Waals surface area contributed by atoms with Crippen molar-refractivity contribution in [1.82, 2.24) is 57.7 Å². The van der Waals surface area contributed by atoms with E-state index in [9.17, 15) is 93.0 Å². The molecule has 0 aliphatic carbocycles. The summed E-state index contributed by atoms with van der Waals surface area (Å²) in [6.07, 6.45) is -2.22. The number of phenolic OH excluding ortho intramolecular Hbond substituents is 1. The second-order valence-corrected chi connectivity index (χ2v) is 36.9. The van der Waals surface area contributed by atoms with Crippen LogP contribution >= 0.6 is 54.8 Å². The fourth-order valence-corrected chi connectivity index (χ4v) is 18.5. The molecule has 41 heteroatoms. The lowest BCUT2D eigenvalue weighted by Crippen LogP contribution is -2.63. The van der Waals surface area contributed by atoms with Crippen molar-refractivity contribution in [3.05, 3.63) is 148 Å². The van der Waals surface area contributed by atoms with Crippen LogP contribution in [0.25, 0.3) is 10.9 Å². The first-order valence-corrected chi connectivity index (χ1v) is 45.5. The molecule has 0 unspecified atom stereocenters. The van der Waals surface area contributed by atoms with Gasteiger partial charge in [-0.3, -0.25) is 53.3 Å². The third-order valence-corrected chi connectivity index (χ3v) is 26.5. The minimum Gasteiger partial charge on any atom is -0.508 e. The van der Waals surface area contributed by atoms with Crippen LogP contribution in [0.3, 0.4) is 0 Å². The Hall–Kier alpha value is -10.1. The van der Waals surface area contributed by atoms with Gasteiger partial charge in [-0.15, -0.1) is 0 Å². The van der Waals surface area contributed by atoms with Crippen LogP contribution in [0.4, 0.5) is 10.5 Å². The third kappa shape index (κ3) is 29.2. The Labute approximate surface area is 743 Å². The number of aliphatic hydroxyl groups is 4. The zero-order valence-corrected chi connectivity index (χ0v) is 74.7. The maximum Gasteiger partial charge on any atom is 0.409 e. The van der Waals surface area contributed by atoms with Crippen molar-refractivity contribution in [2.75, 3.05) is 62.8 Å². The summed E-state index contributed by atoms with van der Waals surface area (Å²) < 4.78 is 22.9. The van der Waals surface area contributed by atoms with E-state index in [1.54, 1.807) is 92.0 Å². The van der Waals surface area contributed by atoms with E-state index < -0.39 is 186 Å². The van der Waals surface area contributed by atoms with Crippen LogP contribution in [-0.2, 0) is 104 Å². The number of aliphatic carboxylic acids is 1. The molecular weight excluding hydrogens is 1720 g/mol. The van der Waals surface area contributed by atoms with E-state index in [-0.39, 0.29) is 91.1 Å². The number of nitrogens with zero attached hydrogens (tertiary/aromatic N) is 2. The van der Waals surface area contributed by atoms with Crippen molar-refractivity contribution < 1.29 is 112 Å². The van der Waals surface area contributed by atoms with Crippen LogP contribution < -0.4 is 63.2 Å². The molecule has 11 amide bonds. The number of H-pyrrole nitrogens is 1. The van der Waals surface area contributed by atoms with Crippen LogP contribution in [-0.4, -0.2) is 266 Å². The van der Waals surface area contributed by atoms with Crippen LogP contribution in [0, 0.1) is 5.92 Å². The van der Waals surface area contributed by atoms with Gasteiger partial charge in [0.1, 0.15) is 71.1 Å². The smallest absolute Gasteiger partial charge is 0.409 e. The number of rotatable bonds is 27. The van der Waals surface area contributed by atoms with Crippen molar-refractivity contribution >= 4 is 148 Å². The number of aromatic nitrogens is 1. The second-order valence-electron chi connectivity index (χ2n) is 31.2. The van der Waals surface area contributed by atoms with Gasteiger partial charge in [0.05, 0.1) is 49.6 Å². The number of nitrogens with one attached hydrogen (secondary N) is 10. The van der Waals surface area contributed by atoms with Gasteiger partial charge in [0.2, 0.25) is 59.1 Å². The summed E-state index contributed by atoms with van der Waals surface area (Å²) in [4.78, 5) is 186. The number of fused-ring (bicyclic) bond motifs is 5. The molecule has 4 aromatic carbocycles. The first-order valence-electron chi connectivity index (χ1n) is 40.2. The highest BCUT2D eigenvalue weighted by atomic mass is 35.5. The number of aliphatic hydroxyl groups excluding tert-OH is 2. The van der Waals surface area contributed by atoms with E-state index in [0.29, 0.717) is 50.9 Å². The molecule has 1 aromatic heterocycles. The molecule has 3 aliphatic rings. The van der Waals surface area contributed by atoms with Gasteiger partial charge in [0, 0.05) is 100.0 Å². The lowest BCUT2D eigenvalue weighted by molar-refractivity contribution is -0.176. The van der Waals surface area contributed by atoms with Gasteiger partial charge in [-0.2, -0.15) is 0 Å². The highest BCUT2D eigenvalue weighted by molar-refractivity contribution is 8.77. The zero-order chi connectivity index (χ0) is 91.7. The van der Waals surface area contributed by atoms with Gasteiger partial charge in [0.25, 0.3) is 0 Å². The van der Waals surface area contributed by atoms with Crippen molar-refractivity contribution in [2.45, 2.75) is 196 Å². The minimum absolute atomic E-state index is 0.0336. The van der Waals surface area contributed by atoms with Gasteiger partial charge in [-0.25, -0.2) is 14.4 Å². The molecule has 0 radical (unpaired) electrons. The number of carbonyl (C=O) groups is 13. The van der Waals surface area contributed by atoms with Crippen molar-refractivity contribution in [3.63, 3.8) is 0 Å². The molecule has 4 heterocycles. The first kappa shape index (κ1) is 100. The second kappa shape index (κ2) is 46.9. The molecule has 8 rings (SSSR count). The molecule has 0 saturated carbocycles. The molecule has 3 aliphatic heterocycles. The molecule has 16 atom stereocenters. The molecule has 5 aromatic rings. The monoisotopic (exact) mass is 1830 g/mol. The number of allylic oxidation sites excluding steroid dienone is 3. The summed E-state index contributed by atoms with van der Waals surface area (Å²) in [7, 11) is 10.1. The van der Waals surface area contributed by atoms with E-state index in [0.717, 1.165) is 41.0 Å². The van der Waals surface area contributed by atoms with Crippen LogP contribution in [0.5, 0.6) is 11.5 Å². The number of hydrogen-bond donors (Lipinski definition) is 17. The number of nitrogens with two attached hydrogens (primary N) is 1. The fraction of sp³-hybridized carbons (Fsp3) is 0.488. The summed E-state index contributed by atoms with van der Waals surface area (Å²) in [6, 6.07) is 10.7. The Morgan fingerprint density at radius 2 is 1.48 bits per heavy atom. The fourth-order valence-electron chi connectivity index (χ4n) is 13.9. The Kier molecular flexibility index (Phi) is 37.6. The Balaban J connectivity index is 0.876. The Morgan fingerprint density at radius 3 is 2.15 bits per heavy atom. The molecular formula is C84H110ClN13O23S4. The Morgan fingerprint density at radius 1 is 0.824 bits per heavy atom. The number of halogens is 1. The average Bonchev–Trinajstić information content (AvgIpc) is 1.31. The number of methoxy groups -OCH3 is 2. The first-order chi connectivity index (χ1) is 59.2. The topological polar surface area (TPSA) is 537 Å². The predicted octanol–water partition coefficient (Wildman–Crippen LogP) is 2.78. The largest absolute Gasteiger partial charge is 0.508 e. The highest BCUT2D eigenvalue weighted by Crippen LogP contribution is 2.39. The molecule has 4 bridgehead atoms. The third-order valence-electron chi connectivity index (χ3n) is 21.3. The number of carbonyl (C=O) groups excluding carboxylic acids is 12. The highest BCUT2D eigenvalue weighted by Gasteiger charge is 2.49. The van der Waals surface area contributed by atoms with E-state index in [1.165, 1.54) is 97.8 Å². The number of hydrogen-bond acceptors (Lipinski definition) is 27. The zero-order valence-electron chi connectivity index (χ0n) is 70.7. The number of aromatic amines is 1. The van der Waals surface area contributed by atoms with Gasteiger partial charge < -0.3 is 113 Å². The van der Waals surface area contributed by atoms with Crippen LogP contribution in [0.15, 0.2) is 115 Å². The van der Waals surface area contributed by atoms with Gasteiger partial charge in [0.15, 0.2) is 11.8 Å². The summed E-state index contributed by atoms with van der Waals surface area (Å²) >= 11 is 6.83. The molecule has 18 N–H and O–H groups in total. The summed E-state index contributed by atoms with van der Waals surface area (Å²) in [6.45, 7) is 7.90. The molecule has 125 heavy (non-hydrogen) atoms. The van der Waals surface area contributed by atoms with Crippen molar-refractivity contribution in [3.8, 4) is 11.5 Å². The van der Waals surface area contributed by atoms with E-state index in [4.69, 9.17) is 36.3 Å². The van der Waals surface area contributed by atoms with Crippen molar-refractivity contribution in [1.29, 1.82) is 0 Å². The quantitative estimate of drug-likeness (QED) is 0.0204. The number of likely N-dealkylation sites (N-methyl/N-ethyl adjacent to an activating group) is 1. The van der Waals surface area contributed by atoms with Gasteiger partial charge in [-0.05, 0) is 118 Å². The molecule has 0 spiro atoms. The molecule has 2 fully saturated rings. The van der Waals surface area contributed by atoms with Gasteiger partial charge >= 0.3 is 18.0 Å². The van der Waals surface area contributed by atoms with Gasteiger partial charge in [-0.1, -0.05) is 140 Å². The summed E-state index contributed by atoms with van der Waals surface area (Å²) in [5.41, 5.74) is 7.33. The summed E-state index contributed by atoms with van der Waals surface area (Å²) in [5, 5.41) is 88.9. The molecule has 2 saturated heterocycles. The number of para-hydroxylation sites is 1.